The number of anilines is 2. The van der Waals surface area contributed by atoms with E-state index in [4.69, 9.17) is 5.11 Å². The summed E-state index contributed by atoms with van der Waals surface area (Å²) in [6, 6.07) is 3.14. The van der Waals surface area contributed by atoms with Crippen molar-refractivity contribution in [1.82, 2.24) is 9.97 Å². The second kappa shape index (κ2) is 5.46. The van der Waals surface area contributed by atoms with Crippen LogP contribution in [-0.2, 0) is 0 Å². The maximum atomic E-state index is 11.0. The molecule has 0 aliphatic carbocycles. The van der Waals surface area contributed by atoms with Gasteiger partial charge in [0.2, 0.25) is 0 Å². The molecule has 0 atom stereocenters. The molecule has 1 aliphatic rings. The minimum atomic E-state index is -0.921. The first-order valence-corrected chi connectivity index (χ1v) is 7.21. The molecule has 6 nitrogen and oxygen atoms in total. The van der Waals surface area contributed by atoms with E-state index < -0.39 is 5.97 Å². The smallest absolute Gasteiger partial charge is 0.335 e. The fourth-order valence-electron chi connectivity index (χ4n) is 2.22. The molecular formula is C13H14N4O2S. The van der Waals surface area contributed by atoms with E-state index in [0.29, 0.717) is 0 Å². The number of thiazole rings is 1. The van der Waals surface area contributed by atoms with Crippen LogP contribution in [0.3, 0.4) is 0 Å². The predicted molar refractivity (Wildman–Crippen MR) is 77.7 cm³/mol. The van der Waals surface area contributed by atoms with Crippen LogP contribution < -0.4 is 9.80 Å². The van der Waals surface area contributed by atoms with Gasteiger partial charge in [0.05, 0.1) is 5.56 Å². The quantitative estimate of drug-likeness (QED) is 0.925. The number of nitrogens with zero attached hydrogens (tertiary/aromatic N) is 4. The van der Waals surface area contributed by atoms with Crippen LogP contribution in [0.15, 0.2) is 29.9 Å². The highest BCUT2D eigenvalue weighted by atomic mass is 32.1. The van der Waals surface area contributed by atoms with Gasteiger partial charge in [-0.15, -0.1) is 11.3 Å². The van der Waals surface area contributed by atoms with Crippen LogP contribution in [0, 0.1) is 0 Å². The first-order valence-electron chi connectivity index (χ1n) is 6.33. The molecule has 1 fully saturated rings. The Morgan fingerprint density at radius 1 is 1.15 bits per heavy atom. The average Bonchev–Trinajstić information content (AvgIpc) is 3.02. The molecule has 7 heteroatoms. The Balaban J connectivity index is 1.69. The van der Waals surface area contributed by atoms with Crippen molar-refractivity contribution in [3.63, 3.8) is 0 Å². The maximum Gasteiger partial charge on any atom is 0.335 e. The van der Waals surface area contributed by atoms with Crippen molar-refractivity contribution >= 4 is 28.3 Å². The molecule has 20 heavy (non-hydrogen) atoms. The highest BCUT2D eigenvalue weighted by Crippen LogP contribution is 2.21. The minimum Gasteiger partial charge on any atom is -0.478 e. The number of carboxylic acid groups (broad SMARTS) is 1. The van der Waals surface area contributed by atoms with Gasteiger partial charge in [-0.2, -0.15) is 0 Å². The Labute approximate surface area is 120 Å². The second-order valence-electron chi connectivity index (χ2n) is 4.50. The summed E-state index contributed by atoms with van der Waals surface area (Å²) in [6.45, 7) is 3.37. The third-order valence-electron chi connectivity index (χ3n) is 3.29. The lowest BCUT2D eigenvalue weighted by molar-refractivity contribution is 0.0697. The highest BCUT2D eigenvalue weighted by Gasteiger charge is 2.20. The topological polar surface area (TPSA) is 69.6 Å². The molecule has 0 unspecified atom stereocenters. The van der Waals surface area contributed by atoms with Gasteiger partial charge in [0.25, 0.3) is 0 Å². The van der Waals surface area contributed by atoms with Crippen molar-refractivity contribution < 1.29 is 9.90 Å². The third kappa shape index (κ3) is 2.57. The van der Waals surface area contributed by atoms with Crippen LogP contribution in [0.4, 0.5) is 10.9 Å². The van der Waals surface area contributed by atoms with E-state index in [1.807, 2.05) is 11.6 Å². The van der Waals surface area contributed by atoms with Gasteiger partial charge >= 0.3 is 5.97 Å². The summed E-state index contributed by atoms with van der Waals surface area (Å²) in [5, 5.41) is 12.0. The van der Waals surface area contributed by atoms with Gasteiger partial charge in [-0.25, -0.2) is 14.8 Å². The molecule has 0 spiro atoms. The van der Waals surface area contributed by atoms with Crippen LogP contribution in [-0.4, -0.2) is 47.2 Å². The molecule has 1 N–H and O–H groups in total. The number of carboxylic acids is 1. The maximum absolute atomic E-state index is 11.0. The summed E-state index contributed by atoms with van der Waals surface area (Å²) >= 11 is 1.64. The lowest BCUT2D eigenvalue weighted by Crippen LogP contribution is -2.46. The number of rotatable bonds is 3. The molecule has 0 radical (unpaired) electrons. The van der Waals surface area contributed by atoms with Crippen molar-refractivity contribution in [2.75, 3.05) is 36.0 Å². The van der Waals surface area contributed by atoms with E-state index in [0.717, 1.165) is 37.1 Å². The van der Waals surface area contributed by atoms with E-state index in [9.17, 15) is 4.79 Å². The zero-order chi connectivity index (χ0) is 13.9. The van der Waals surface area contributed by atoms with Gasteiger partial charge < -0.3 is 14.9 Å². The summed E-state index contributed by atoms with van der Waals surface area (Å²) in [5.74, 6) is -0.196. The van der Waals surface area contributed by atoms with Gasteiger partial charge in [-0.1, -0.05) is 0 Å². The van der Waals surface area contributed by atoms with Crippen LogP contribution in [0.25, 0.3) is 0 Å². The van der Waals surface area contributed by atoms with E-state index >= 15 is 0 Å². The Bertz CT molecular complexity index is 594. The molecule has 0 amide bonds. The Morgan fingerprint density at radius 2 is 1.90 bits per heavy atom. The monoisotopic (exact) mass is 290 g/mol. The molecule has 1 aliphatic heterocycles. The highest BCUT2D eigenvalue weighted by molar-refractivity contribution is 7.13. The summed E-state index contributed by atoms with van der Waals surface area (Å²) in [4.78, 5) is 23.9. The van der Waals surface area contributed by atoms with E-state index in [1.54, 1.807) is 23.6 Å². The van der Waals surface area contributed by atoms with Crippen LogP contribution in [0.2, 0.25) is 0 Å². The SMILES string of the molecule is O=C(O)c1ccnc(N2CCN(c3nccs3)CC2)c1. The lowest BCUT2D eigenvalue weighted by Gasteiger charge is -2.35. The lowest BCUT2D eigenvalue weighted by atomic mass is 10.2. The van der Waals surface area contributed by atoms with Gasteiger partial charge in [-0.05, 0) is 12.1 Å². The Kier molecular flexibility index (Phi) is 3.51. The number of aromatic nitrogens is 2. The van der Waals surface area contributed by atoms with Crippen molar-refractivity contribution in [1.29, 1.82) is 0 Å². The van der Waals surface area contributed by atoms with Crippen molar-refractivity contribution in [2.24, 2.45) is 0 Å². The molecule has 2 aromatic heterocycles. The van der Waals surface area contributed by atoms with Crippen molar-refractivity contribution in [3.8, 4) is 0 Å². The standard InChI is InChI=1S/C13H14N4O2S/c18-12(19)10-1-2-14-11(9-10)16-4-6-17(7-5-16)13-15-3-8-20-13/h1-3,8-9H,4-7H2,(H,18,19). The van der Waals surface area contributed by atoms with Crippen LogP contribution >= 0.6 is 11.3 Å². The predicted octanol–water partition coefficient (Wildman–Crippen LogP) is 1.56. The molecule has 0 saturated carbocycles. The fraction of sp³-hybridized carbons (Fsp3) is 0.308. The van der Waals surface area contributed by atoms with E-state index in [1.165, 1.54) is 6.07 Å². The Hall–Kier alpha value is -2.15. The largest absolute Gasteiger partial charge is 0.478 e. The average molecular weight is 290 g/mol. The molecular weight excluding hydrogens is 276 g/mol. The van der Waals surface area contributed by atoms with Crippen LogP contribution in [0.1, 0.15) is 10.4 Å². The molecule has 3 rings (SSSR count). The van der Waals surface area contributed by atoms with Crippen molar-refractivity contribution in [3.05, 3.63) is 35.5 Å². The van der Waals surface area contributed by atoms with E-state index in [-0.39, 0.29) is 5.56 Å². The van der Waals surface area contributed by atoms with Crippen molar-refractivity contribution in [2.45, 2.75) is 0 Å². The van der Waals surface area contributed by atoms with Gasteiger partial charge in [-0.3, -0.25) is 0 Å². The summed E-state index contributed by atoms with van der Waals surface area (Å²) in [5.41, 5.74) is 0.275. The normalized spacial score (nSPS) is 15.4. The summed E-state index contributed by atoms with van der Waals surface area (Å²) in [7, 11) is 0. The number of hydrogen-bond acceptors (Lipinski definition) is 6. The fourth-order valence-corrected chi connectivity index (χ4v) is 2.92. The second-order valence-corrected chi connectivity index (χ2v) is 5.37. The van der Waals surface area contributed by atoms with Gasteiger partial charge in [0.15, 0.2) is 5.13 Å². The number of aromatic carboxylic acids is 1. The summed E-state index contributed by atoms with van der Waals surface area (Å²) in [6.07, 6.45) is 3.36. The molecule has 0 aromatic carbocycles. The third-order valence-corrected chi connectivity index (χ3v) is 4.12. The Morgan fingerprint density at radius 3 is 2.55 bits per heavy atom. The zero-order valence-corrected chi connectivity index (χ0v) is 11.6. The zero-order valence-electron chi connectivity index (χ0n) is 10.8. The number of piperazine rings is 1. The first kappa shape index (κ1) is 12.9. The number of hydrogen-bond donors (Lipinski definition) is 1. The van der Waals surface area contributed by atoms with Crippen LogP contribution in [0.5, 0.6) is 0 Å². The van der Waals surface area contributed by atoms with E-state index in [2.05, 4.69) is 19.8 Å². The number of carbonyl (C=O) groups is 1. The first-order chi connectivity index (χ1) is 9.74. The molecule has 3 heterocycles. The minimum absolute atomic E-state index is 0.275. The molecule has 1 saturated heterocycles. The summed E-state index contributed by atoms with van der Waals surface area (Å²) < 4.78 is 0. The molecule has 0 bridgehead atoms. The number of pyridine rings is 1. The van der Waals surface area contributed by atoms with Gasteiger partial charge in [0.1, 0.15) is 5.82 Å². The molecule has 104 valence electrons. The van der Waals surface area contributed by atoms with Gasteiger partial charge in [0, 0.05) is 44.0 Å². The molecule has 2 aromatic rings.